The first-order valence-corrected chi connectivity index (χ1v) is 17.5. The standard InChI is InChI=1S/C39H40Cl2N6O3/c1-20-16-26(17-21(2)34(20)40)50-15-9-12-28-27-10-8-11-29(33-22(3)43-45(7)23(33)4)35(27)46-24(5)37(41)47(39(49)36(28)46)32-19-44(6)31-14-13-25(38(42)48)18-30(31)32/h8,10-11,13-14,16-19,24,37H,9,12,15H2,1-7H3,(H2,42,48)/t24-,37?/m1/s1. The Hall–Kier alpha value is -4.73. The number of nitrogens with zero attached hydrogens (tertiary/aromatic N) is 5. The fraction of sp³-hybridized carbons (Fsp3) is 0.308. The summed E-state index contributed by atoms with van der Waals surface area (Å²) in [6.45, 7) is 10.5. The van der Waals surface area contributed by atoms with Crippen LogP contribution >= 0.6 is 23.2 Å². The van der Waals surface area contributed by atoms with Crippen LogP contribution in [0.1, 0.15) is 68.3 Å². The molecule has 1 aliphatic rings. The number of aryl methyl sites for hydroxylation is 6. The van der Waals surface area contributed by atoms with E-state index in [9.17, 15) is 4.79 Å². The van der Waals surface area contributed by atoms with Crippen molar-refractivity contribution in [1.82, 2.24) is 18.9 Å². The zero-order valence-corrected chi connectivity index (χ0v) is 30.8. The van der Waals surface area contributed by atoms with E-state index in [0.29, 0.717) is 36.4 Å². The first kappa shape index (κ1) is 33.8. The molecule has 11 heteroatoms. The third-order valence-electron chi connectivity index (χ3n) is 10.1. The largest absolute Gasteiger partial charge is 0.494 e. The molecule has 0 radical (unpaired) electrons. The number of rotatable bonds is 8. The second-order valence-corrected chi connectivity index (χ2v) is 14.2. The molecule has 50 heavy (non-hydrogen) atoms. The highest BCUT2D eigenvalue weighted by atomic mass is 35.5. The first-order chi connectivity index (χ1) is 23.8. The van der Waals surface area contributed by atoms with E-state index in [-0.39, 0.29) is 11.9 Å². The first-order valence-electron chi connectivity index (χ1n) is 16.7. The lowest BCUT2D eigenvalue weighted by atomic mass is 9.98. The number of hydrogen-bond acceptors (Lipinski definition) is 4. The van der Waals surface area contributed by atoms with Gasteiger partial charge in [-0.1, -0.05) is 41.4 Å². The molecule has 2 N–H and O–H groups in total. The summed E-state index contributed by atoms with van der Waals surface area (Å²) in [4.78, 5) is 28.9. The van der Waals surface area contributed by atoms with Crippen molar-refractivity contribution in [3.05, 3.63) is 99.1 Å². The minimum atomic E-state index is -0.731. The number of para-hydroxylation sites is 1. The summed E-state index contributed by atoms with van der Waals surface area (Å²) in [5.74, 6) is 0.0244. The summed E-state index contributed by atoms with van der Waals surface area (Å²) < 4.78 is 12.2. The van der Waals surface area contributed by atoms with Crippen LogP contribution in [0.25, 0.3) is 32.9 Å². The second-order valence-electron chi connectivity index (χ2n) is 13.4. The van der Waals surface area contributed by atoms with Gasteiger partial charge >= 0.3 is 0 Å². The average Bonchev–Trinajstić information content (AvgIpc) is 3.68. The molecule has 0 aliphatic carbocycles. The number of ether oxygens (including phenoxy) is 1. The molecule has 6 aromatic rings. The van der Waals surface area contributed by atoms with E-state index in [0.717, 1.165) is 71.8 Å². The van der Waals surface area contributed by atoms with Crippen molar-refractivity contribution in [2.75, 3.05) is 11.5 Å². The summed E-state index contributed by atoms with van der Waals surface area (Å²) in [7, 11) is 3.86. The van der Waals surface area contributed by atoms with Gasteiger partial charge < -0.3 is 19.6 Å². The predicted octanol–water partition coefficient (Wildman–Crippen LogP) is 8.32. The highest BCUT2D eigenvalue weighted by molar-refractivity contribution is 6.32. The smallest absolute Gasteiger partial charge is 0.276 e. The number of anilines is 1. The van der Waals surface area contributed by atoms with Gasteiger partial charge in [0, 0.05) is 64.0 Å². The van der Waals surface area contributed by atoms with Crippen molar-refractivity contribution in [3.8, 4) is 16.9 Å². The molecule has 2 amide bonds. The lowest BCUT2D eigenvalue weighted by molar-refractivity contribution is 0.0950. The highest BCUT2D eigenvalue weighted by Gasteiger charge is 2.42. The van der Waals surface area contributed by atoms with Gasteiger partial charge in [-0.15, -0.1) is 0 Å². The molecular weight excluding hydrogens is 671 g/mol. The maximum atomic E-state index is 15.0. The van der Waals surface area contributed by atoms with E-state index < -0.39 is 11.4 Å². The number of primary amides is 1. The maximum Gasteiger partial charge on any atom is 0.276 e. The van der Waals surface area contributed by atoms with Crippen molar-refractivity contribution in [1.29, 1.82) is 0 Å². The van der Waals surface area contributed by atoms with Crippen LogP contribution in [0.3, 0.4) is 0 Å². The van der Waals surface area contributed by atoms with Gasteiger partial charge in [0.05, 0.1) is 29.5 Å². The number of alkyl halides is 1. The molecule has 258 valence electrons. The Morgan fingerprint density at radius 2 is 1.74 bits per heavy atom. The number of halogens is 2. The Bertz CT molecular complexity index is 2340. The SMILES string of the molecule is Cc1cc(OCCCc2c3n(c4c(-c5c(C)nn(C)c5C)cccc24)[C@H](C)C(Cl)N(c2cn(C)c4ccc(C(N)=O)cc24)C3=O)cc(C)c1Cl. The molecular formula is C39H40Cl2N6O3. The van der Waals surface area contributed by atoms with Crippen molar-refractivity contribution in [3.63, 3.8) is 0 Å². The number of carbonyl (C=O) groups is 2. The van der Waals surface area contributed by atoms with Crippen LogP contribution in [-0.4, -0.2) is 42.8 Å². The molecule has 0 saturated heterocycles. The van der Waals surface area contributed by atoms with Gasteiger partial charge in [0.2, 0.25) is 5.91 Å². The topological polar surface area (TPSA) is 100 Å². The Morgan fingerprint density at radius 3 is 2.40 bits per heavy atom. The van der Waals surface area contributed by atoms with Crippen LogP contribution in [0.4, 0.5) is 5.69 Å². The Balaban J connectivity index is 1.38. The molecule has 1 unspecified atom stereocenters. The average molecular weight is 712 g/mol. The maximum absolute atomic E-state index is 15.0. The summed E-state index contributed by atoms with van der Waals surface area (Å²) in [5.41, 5.74) is 15.2. The quantitative estimate of drug-likeness (QED) is 0.0975. The third kappa shape index (κ3) is 5.26. The van der Waals surface area contributed by atoms with Crippen molar-refractivity contribution in [2.24, 2.45) is 19.8 Å². The number of carbonyl (C=O) groups excluding carboxylic acids is 2. The number of amides is 2. The third-order valence-corrected chi connectivity index (χ3v) is 11.3. The van der Waals surface area contributed by atoms with Gasteiger partial charge in [-0.05, 0) is 94.5 Å². The lowest BCUT2D eigenvalue weighted by Crippen LogP contribution is -2.47. The van der Waals surface area contributed by atoms with E-state index in [1.807, 2.05) is 68.5 Å². The number of hydrogen-bond donors (Lipinski definition) is 1. The summed E-state index contributed by atoms with van der Waals surface area (Å²) in [6.07, 6.45) is 3.16. The molecule has 3 aromatic carbocycles. The molecule has 0 bridgehead atoms. The minimum Gasteiger partial charge on any atom is -0.494 e. The number of fused-ring (bicyclic) bond motifs is 4. The molecule has 1 aliphatic heterocycles. The van der Waals surface area contributed by atoms with Crippen LogP contribution in [0.2, 0.25) is 5.02 Å². The second kappa shape index (κ2) is 12.5. The zero-order chi connectivity index (χ0) is 35.8. The molecule has 2 atom stereocenters. The summed E-state index contributed by atoms with van der Waals surface area (Å²) >= 11 is 13.7. The monoisotopic (exact) mass is 710 g/mol. The van der Waals surface area contributed by atoms with Crippen molar-refractivity contribution >= 4 is 62.5 Å². The Labute approximate surface area is 301 Å². The fourth-order valence-corrected chi connectivity index (χ4v) is 8.06. The van der Waals surface area contributed by atoms with E-state index in [1.54, 1.807) is 17.0 Å². The molecule has 4 heterocycles. The van der Waals surface area contributed by atoms with Crippen LogP contribution in [0.5, 0.6) is 5.75 Å². The molecule has 3 aromatic heterocycles. The van der Waals surface area contributed by atoms with Crippen LogP contribution < -0.4 is 15.4 Å². The number of aromatic nitrogens is 4. The van der Waals surface area contributed by atoms with Crippen molar-refractivity contribution in [2.45, 2.75) is 59.0 Å². The number of nitrogens with two attached hydrogens (primary N) is 1. The van der Waals surface area contributed by atoms with Crippen LogP contribution in [0.15, 0.2) is 54.7 Å². The normalized spacial score (nSPS) is 16.1. The van der Waals surface area contributed by atoms with E-state index in [2.05, 4.69) is 36.6 Å². The molecule has 9 nitrogen and oxygen atoms in total. The van der Waals surface area contributed by atoms with Gasteiger partial charge in [0.1, 0.15) is 16.9 Å². The molecule has 7 rings (SSSR count). The van der Waals surface area contributed by atoms with Gasteiger partial charge in [0.25, 0.3) is 5.91 Å². The van der Waals surface area contributed by atoms with Crippen LogP contribution in [0, 0.1) is 27.7 Å². The minimum absolute atomic E-state index is 0.207. The van der Waals surface area contributed by atoms with E-state index >= 15 is 4.79 Å². The lowest BCUT2D eigenvalue weighted by Gasteiger charge is -2.38. The van der Waals surface area contributed by atoms with E-state index in [4.69, 9.17) is 38.8 Å². The van der Waals surface area contributed by atoms with Gasteiger partial charge in [-0.2, -0.15) is 5.10 Å². The Kier molecular flexibility index (Phi) is 8.47. The van der Waals surface area contributed by atoms with Gasteiger partial charge in [-0.25, -0.2) is 0 Å². The predicted molar refractivity (Wildman–Crippen MR) is 201 cm³/mol. The van der Waals surface area contributed by atoms with Crippen LogP contribution in [-0.2, 0) is 20.5 Å². The fourth-order valence-electron chi connectivity index (χ4n) is 7.64. The van der Waals surface area contributed by atoms with E-state index in [1.165, 1.54) is 0 Å². The number of benzene rings is 3. The summed E-state index contributed by atoms with van der Waals surface area (Å²) in [5, 5.41) is 7.18. The van der Waals surface area contributed by atoms with Gasteiger partial charge in [-0.3, -0.25) is 19.2 Å². The molecule has 0 spiro atoms. The zero-order valence-electron chi connectivity index (χ0n) is 29.3. The highest BCUT2D eigenvalue weighted by Crippen LogP contribution is 2.46. The molecule has 0 saturated carbocycles. The van der Waals surface area contributed by atoms with Gasteiger partial charge in [0.15, 0.2) is 0 Å². The summed E-state index contributed by atoms with van der Waals surface area (Å²) in [6, 6.07) is 15.1. The Morgan fingerprint density at radius 1 is 1.02 bits per heavy atom. The molecule has 0 fully saturated rings. The van der Waals surface area contributed by atoms with Crippen molar-refractivity contribution < 1.29 is 14.3 Å².